The van der Waals surface area contributed by atoms with Crippen LogP contribution >= 0.6 is 0 Å². The van der Waals surface area contributed by atoms with Crippen LogP contribution < -0.4 is 9.47 Å². The Morgan fingerprint density at radius 1 is 0.943 bits per heavy atom. The van der Waals surface area contributed by atoms with E-state index in [-0.39, 0.29) is 11.8 Å². The Bertz CT molecular complexity index is 1330. The van der Waals surface area contributed by atoms with E-state index in [1.54, 1.807) is 38.0 Å². The monoisotopic (exact) mass is 468 g/mol. The van der Waals surface area contributed by atoms with Crippen LogP contribution in [0.15, 0.2) is 67.5 Å². The van der Waals surface area contributed by atoms with E-state index >= 15 is 0 Å². The van der Waals surface area contributed by atoms with Crippen molar-refractivity contribution in [2.45, 2.75) is 19.3 Å². The number of nitrogens with zero attached hydrogens (tertiary/aromatic N) is 6. The first-order valence-corrected chi connectivity index (χ1v) is 11.3. The molecule has 176 valence electrons. The highest BCUT2D eigenvalue weighted by Gasteiger charge is 2.30. The van der Waals surface area contributed by atoms with Gasteiger partial charge in [0.1, 0.15) is 23.7 Å². The highest BCUT2D eigenvalue weighted by molar-refractivity contribution is 5.95. The van der Waals surface area contributed by atoms with Crippen LogP contribution in [0.5, 0.6) is 17.4 Å². The zero-order chi connectivity index (χ0) is 24.2. The number of amides is 1. The molecule has 1 amide bonds. The largest absolute Gasteiger partial charge is 0.497 e. The van der Waals surface area contributed by atoms with Crippen molar-refractivity contribution in [3.8, 4) is 28.5 Å². The van der Waals surface area contributed by atoms with E-state index < -0.39 is 0 Å². The molecule has 0 N–H and O–H groups in total. The van der Waals surface area contributed by atoms with Crippen LogP contribution in [0.2, 0.25) is 0 Å². The Kier molecular flexibility index (Phi) is 6.30. The SMILES string of the molecule is COc1ccc(Oc2cc(C)nc([C@H]3CCN(C(=O)c4cncc(-c5cncnc5)c4)C3)n2)cc1. The summed E-state index contributed by atoms with van der Waals surface area (Å²) in [6.07, 6.45) is 8.93. The van der Waals surface area contributed by atoms with Gasteiger partial charge in [0.15, 0.2) is 0 Å². The zero-order valence-electron chi connectivity index (χ0n) is 19.5. The lowest BCUT2D eigenvalue weighted by atomic mass is 10.1. The fourth-order valence-electron chi connectivity index (χ4n) is 4.06. The summed E-state index contributed by atoms with van der Waals surface area (Å²) in [5.41, 5.74) is 2.95. The molecule has 0 radical (unpaired) electrons. The molecule has 1 aliphatic rings. The molecular formula is C26H24N6O3. The van der Waals surface area contributed by atoms with Gasteiger partial charge in [0.25, 0.3) is 5.91 Å². The van der Waals surface area contributed by atoms with Crippen LogP contribution in [0, 0.1) is 6.92 Å². The third-order valence-electron chi connectivity index (χ3n) is 5.85. The minimum atomic E-state index is -0.0685. The Labute approximate surface area is 202 Å². The second kappa shape index (κ2) is 9.84. The van der Waals surface area contributed by atoms with Crippen molar-refractivity contribution in [2.24, 2.45) is 0 Å². The van der Waals surface area contributed by atoms with Gasteiger partial charge in [-0.3, -0.25) is 9.78 Å². The van der Waals surface area contributed by atoms with E-state index in [1.807, 2.05) is 42.2 Å². The fraction of sp³-hybridized carbons (Fsp3) is 0.231. The number of methoxy groups -OCH3 is 1. The van der Waals surface area contributed by atoms with E-state index in [0.717, 1.165) is 29.0 Å². The molecule has 1 atom stereocenters. The number of carbonyl (C=O) groups is 1. The molecule has 1 aliphatic heterocycles. The third kappa shape index (κ3) is 5.08. The fourth-order valence-corrected chi connectivity index (χ4v) is 4.06. The first-order chi connectivity index (χ1) is 17.1. The van der Waals surface area contributed by atoms with E-state index in [0.29, 0.717) is 36.1 Å². The number of ether oxygens (including phenoxy) is 2. The predicted molar refractivity (Wildman–Crippen MR) is 128 cm³/mol. The van der Waals surface area contributed by atoms with Crippen LogP contribution in [0.3, 0.4) is 0 Å². The van der Waals surface area contributed by atoms with Crippen molar-refractivity contribution < 1.29 is 14.3 Å². The lowest BCUT2D eigenvalue weighted by Crippen LogP contribution is -2.28. The second-order valence-corrected chi connectivity index (χ2v) is 8.31. The number of hydrogen-bond acceptors (Lipinski definition) is 8. The quantitative estimate of drug-likeness (QED) is 0.417. The Balaban J connectivity index is 1.30. The minimum Gasteiger partial charge on any atom is -0.497 e. The molecule has 9 nitrogen and oxygen atoms in total. The van der Waals surface area contributed by atoms with E-state index in [4.69, 9.17) is 9.47 Å². The number of aryl methyl sites for hydroxylation is 1. The molecule has 3 aromatic heterocycles. The Morgan fingerprint density at radius 2 is 1.69 bits per heavy atom. The maximum atomic E-state index is 13.2. The van der Waals surface area contributed by atoms with Gasteiger partial charge in [-0.25, -0.2) is 15.0 Å². The summed E-state index contributed by atoms with van der Waals surface area (Å²) in [5.74, 6) is 2.53. The summed E-state index contributed by atoms with van der Waals surface area (Å²) in [7, 11) is 1.62. The molecule has 1 aromatic carbocycles. The number of rotatable bonds is 6. The maximum Gasteiger partial charge on any atom is 0.255 e. The van der Waals surface area contributed by atoms with E-state index in [2.05, 4.69) is 24.9 Å². The predicted octanol–water partition coefficient (Wildman–Crippen LogP) is 4.07. The third-order valence-corrected chi connectivity index (χ3v) is 5.85. The van der Waals surface area contributed by atoms with Gasteiger partial charge in [0.05, 0.1) is 12.7 Å². The van der Waals surface area contributed by atoms with Gasteiger partial charge in [-0.05, 0) is 43.7 Å². The lowest BCUT2D eigenvalue weighted by molar-refractivity contribution is 0.0790. The van der Waals surface area contributed by atoms with Crippen LogP contribution in [-0.2, 0) is 0 Å². The van der Waals surface area contributed by atoms with Crippen LogP contribution in [0.4, 0.5) is 0 Å². The number of aromatic nitrogens is 5. The molecule has 9 heteroatoms. The molecule has 0 saturated carbocycles. The second-order valence-electron chi connectivity index (χ2n) is 8.31. The lowest BCUT2D eigenvalue weighted by Gasteiger charge is -2.17. The van der Waals surface area contributed by atoms with Gasteiger partial charge in [0.2, 0.25) is 5.88 Å². The van der Waals surface area contributed by atoms with Crippen LogP contribution in [-0.4, -0.2) is 55.9 Å². The van der Waals surface area contributed by atoms with Gasteiger partial charge in [-0.1, -0.05) is 0 Å². The molecule has 1 saturated heterocycles. The standard InChI is InChI=1S/C26H24N6O3/c1-17-9-24(35-23-5-3-22(34-2)4-6-23)31-25(30-17)18-7-8-32(15-18)26(33)20-10-19(11-27-12-20)21-13-28-16-29-14-21/h3-6,9-14,16,18H,7-8,15H2,1-2H3/t18-/m0/s1. The molecule has 5 rings (SSSR count). The van der Waals surface area contributed by atoms with Crippen molar-refractivity contribution in [1.29, 1.82) is 0 Å². The van der Waals surface area contributed by atoms with Gasteiger partial charge < -0.3 is 14.4 Å². The van der Waals surface area contributed by atoms with Crippen molar-refractivity contribution >= 4 is 5.91 Å². The van der Waals surface area contributed by atoms with Gasteiger partial charge in [-0.15, -0.1) is 0 Å². The normalized spacial score (nSPS) is 15.1. The molecule has 0 aliphatic carbocycles. The molecule has 1 fully saturated rings. The van der Waals surface area contributed by atoms with Crippen molar-refractivity contribution in [3.63, 3.8) is 0 Å². The number of pyridine rings is 1. The minimum absolute atomic E-state index is 0.0238. The highest BCUT2D eigenvalue weighted by atomic mass is 16.5. The molecule has 0 unspecified atom stereocenters. The summed E-state index contributed by atoms with van der Waals surface area (Å²) < 4.78 is 11.1. The first-order valence-electron chi connectivity index (χ1n) is 11.3. The van der Waals surface area contributed by atoms with Crippen molar-refractivity contribution in [2.75, 3.05) is 20.2 Å². The summed E-state index contributed by atoms with van der Waals surface area (Å²) in [6, 6.07) is 10.9. The number of likely N-dealkylation sites (tertiary alicyclic amines) is 1. The zero-order valence-corrected chi connectivity index (χ0v) is 19.5. The molecule has 35 heavy (non-hydrogen) atoms. The smallest absolute Gasteiger partial charge is 0.255 e. The molecule has 0 bridgehead atoms. The first kappa shape index (κ1) is 22.4. The number of hydrogen-bond donors (Lipinski definition) is 0. The average Bonchev–Trinajstić information content (AvgIpc) is 3.39. The van der Waals surface area contributed by atoms with Crippen LogP contribution in [0.1, 0.15) is 34.2 Å². The number of benzene rings is 1. The van der Waals surface area contributed by atoms with Crippen LogP contribution in [0.25, 0.3) is 11.1 Å². The van der Waals surface area contributed by atoms with E-state index in [1.165, 1.54) is 6.33 Å². The molecule has 0 spiro atoms. The maximum absolute atomic E-state index is 13.2. The highest BCUT2D eigenvalue weighted by Crippen LogP contribution is 2.29. The van der Waals surface area contributed by atoms with E-state index in [9.17, 15) is 4.79 Å². The van der Waals surface area contributed by atoms with Gasteiger partial charge in [0, 0.05) is 66.7 Å². The van der Waals surface area contributed by atoms with Crippen molar-refractivity contribution in [1.82, 2.24) is 29.8 Å². The Morgan fingerprint density at radius 3 is 2.46 bits per heavy atom. The summed E-state index contributed by atoms with van der Waals surface area (Å²) in [4.78, 5) is 36.6. The van der Waals surface area contributed by atoms with Crippen molar-refractivity contribution in [3.05, 3.63) is 84.6 Å². The van der Waals surface area contributed by atoms with Gasteiger partial charge >= 0.3 is 0 Å². The summed E-state index contributed by atoms with van der Waals surface area (Å²) in [6.45, 7) is 3.06. The Hall–Kier alpha value is -4.40. The molecular weight excluding hydrogens is 444 g/mol. The summed E-state index contributed by atoms with van der Waals surface area (Å²) >= 11 is 0. The molecule has 4 aromatic rings. The molecule has 4 heterocycles. The number of carbonyl (C=O) groups excluding carboxylic acids is 1. The topological polar surface area (TPSA) is 103 Å². The average molecular weight is 469 g/mol. The summed E-state index contributed by atoms with van der Waals surface area (Å²) in [5, 5.41) is 0. The van der Waals surface area contributed by atoms with Gasteiger partial charge in [-0.2, -0.15) is 4.98 Å².